The van der Waals surface area contributed by atoms with Crippen molar-refractivity contribution in [1.82, 2.24) is 10.5 Å². The van der Waals surface area contributed by atoms with E-state index in [1.54, 1.807) is 6.07 Å². The standard InChI is InChI=1S/C17H18N2O5/c20-15(21)11-17(6-8-23-9-7-17)18-16(22)14-10-13(19-24-14)12-4-2-1-3-5-12/h1-5,10H,6-9,11H2,(H,18,22)(H,20,21). The van der Waals surface area contributed by atoms with E-state index in [1.807, 2.05) is 30.3 Å². The Labute approximate surface area is 138 Å². The molecule has 0 bridgehead atoms. The maximum absolute atomic E-state index is 12.5. The molecule has 126 valence electrons. The summed E-state index contributed by atoms with van der Waals surface area (Å²) in [5.41, 5.74) is 0.576. The van der Waals surface area contributed by atoms with Gasteiger partial charge < -0.3 is 19.7 Å². The fourth-order valence-electron chi connectivity index (χ4n) is 2.83. The maximum atomic E-state index is 12.5. The first kappa shape index (κ1) is 16.2. The van der Waals surface area contributed by atoms with Crippen molar-refractivity contribution in [2.45, 2.75) is 24.8 Å². The molecular formula is C17H18N2O5. The van der Waals surface area contributed by atoms with Gasteiger partial charge in [0.25, 0.3) is 5.91 Å². The lowest BCUT2D eigenvalue weighted by Gasteiger charge is -2.36. The number of nitrogens with one attached hydrogen (secondary N) is 1. The highest BCUT2D eigenvalue weighted by molar-refractivity contribution is 5.93. The van der Waals surface area contributed by atoms with Crippen molar-refractivity contribution in [3.63, 3.8) is 0 Å². The van der Waals surface area contributed by atoms with Crippen molar-refractivity contribution in [2.75, 3.05) is 13.2 Å². The highest BCUT2D eigenvalue weighted by Crippen LogP contribution is 2.26. The van der Waals surface area contributed by atoms with Gasteiger partial charge in [0.2, 0.25) is 5.76 Å². The SMILES string of the molecule is O=C(O)CC1(NC(=O)c2cc(-c3ccccc3)no2)CCOCC1. The molecule has 0 saturated carbocycles. The van der Waals surface area contributed by atoms with E-state index in [-0.39, 0.29) is 12.2 Å². The summed E-state index contributed by atoms with van der Waals surface area (Å²) >= 11 is 0. The minimum Gasteiger partial charge on any atom is -0.481 e. The van der Waals surface area contributed by atoms with Crippen molar-refractivity contribution >= 4 is 11.9 Å². The molecule has 0 radical (unpaired) electrons. The normalized spacial score (nSPS) is 16.5. The van der Waals surface area contributed by atoms with Crippen LogP contribution in [-0.2, 0) is 9.53 Å². The van der Waals surface area contributed by atoms with Gasteiger partial charge in [0.1, 0.15) is 5.69 Å². The number of aliphatic carboxylic acids is 1. The molecule has 7 nitrogen and oxygen atoms in total. The Kier molecular flexibility index (Phi) is 4.61. The van der Waals surface area contributed by atoms with E-state index < -0.39 is 17.4 Å². The number of rotatable bonds is 5. The number of amides is 1. The van der Waals surface area contributed by atoms with Crippen molar-refractivity contribution in [3.8, 4) is 11.3 Å². The van der Waals surface area contributed by atoms with Gasteiger partial charge in [-0.1, -0.05) is 35.5 Å². The topological polar surface area (TPSA) is 102 Å². The molecule has 2 aromatic rings. The Morgan fingerprint density at radius 3 is 2.58 bits per heavy atom. The Balaban J connectivity index is 1.76. The van der Waals surface area contributed by atoms with Gasteiger partial charge in [0, 0.05) is 24.8 Å². The minimum atomic E-state index is -0.959. The molecule has 1 fully saturated rings. The third-order valence-electron chi connectivity index (χ3n) is 4.12. The first-order valence-corrected chi connectivity index (χ1v) is 7.72. The minimum absolute atomic E-state index is 0.0603. The zero-order chi connectivity index (χ0) is 17.0. The molecule has 2 heterocycles. The number of ether oxygens (including phenoxy) is 1. The van der Waals surface area contributed by atoms with Gasteiger partial charge in [-0.3, -0.25) is 9.59 Å². The van der Waals surface area contributed by atoms with E-state index >= 15 is 0 Å². The summed E-state index contributed by atoms with van der Waals surface area (Å²) in [4.78, 5) is 23.6. The number of nitrogens with zero attached hydrogens (tertiary/aromatic N) is 1. The molecule has 24 heavy (non-hydrogen) atoms. The van der Waals surface area contributed by atoms with E-state index in [9.17, 15) is 9.59 Å². The van der Waals surface area contributed by atoms with Gasteiger partial charge >= 0.3 is 5.97 Å². The van der Waals surface area contributed by atoms with E-state index in [1.165, 1.54) is 0 Å². The molecule has 1 aromatic carbocycles. The zero-order valence-electron chi connectivity index (χ0n) is 13.0. The van der Waals surface area contributed by atoms with E-state index in [0.717, 1.165) is 5.56 Å². The predicted octanol–water partition coefficient (Wildman–Crippen LogP) is 2.10. The summed E-state index contributed by atoms with van der Waals surface area (Å²) in [5.74, 6) is -1.36. The fraction of sp³-hybridized carbons (Fsp3) is 0.353. The number of carbonyl (C=O) groups excluding carboxylic acids is 1. The van der Waals surface area contributed by atoms with Gasteiger partial charge in [-0.15, -0.1) is 0 Å². The molecule has 1 aromatic heterocycles. The van der Waals surface area contributed by atoms with Crippen molar-refractivity contribution < 1.29 is 24.0 Å². The molecule has 1 amide bonds. The molecule has 0 spiro atoms. The van der Waals surface area contributed by atoms with Crippen LogP contribution in [0.15, 0.2) is 40.9 Å². The van der Waals surface area contributed by atoms with E-state index in [0.29, 0.717) is 31.7 Å². The second kappa shape index (κ2) is 6.84. The van der Waals surface area contributed by atoms with Crippen LogP contribution in [0.2, 0.25) is 0 Å². The van der Waals surface area contributed by atoms with Crippen LogP contribution >= 0.6 is 0 Å². The molecule has 2 N–H and O–H groups in total. The first-order chi connectivity index (χ1) is 11.6. The van der Waals surface area contributed by atoms with Crippen LogP contribution in [0.25, 0.3) is 11.3 Å². The maximum Gasteiger partial charge on any atom is 0.305 e. The number of hydrogen-bond donors (Lipinski definition) is 2. The lowest BCUT2D eigenvalue weighted by Crippen LogP contribution is -2.53. The average Bonchev–Trinajstić information content (AvgIpc) is 3.06. The van der Waals surface area contributed by atoms with Crippen molar-refractivity contribution in [2.24, 2.45) is 0 Å². The van der Waals surface area contributed by atoms with Gasteiger partial charge in [0.15, 0.2) is 0 Å². The van der Waals surface area contributed by atoms with Gasteiger partial charge in [0.05, 0.1) is 12.0 Å². The second-order valence-corrected chi connectivity index (χ2v) is 5.86. The molecule has 0 unspecified atom stereocenters. The largest absolute Gasteiger partial charge is 0.481 e. The summed E-state index contributed by atoms with van der Waals surface area (Å²) in [6, 6.07) is 10.9. The average molecular weight is 330 g/mol. The number of carboxylic acid groups (broad SMARTS) is 1. The zero-order valence-corrected chi connectivity index (χ0v) is 13.0. The monoisotopic (exact) mass is 330 g/mol. The summed E-state index contributed by atoms with van der Waals surface area (Å²) in [6.45, 7) is 0.832. The highest BCUT2D eigenvalue weighted by atomic mass is 16.5. The summed E-state index contributed by atoms with van der Waals surface area (Å²) in [5, 5.41) is 15.9. The number of carboxylic acids is 1. The molecule has 0 atom stereocenters. The van der Waals surface area contributed by atoms with Crippen molar-refractivity contribution in [1.29, 1.82) is 0 Å². The van der Waals surface area contributed by atoms with Crippen molar-refractivity contribution in [3.05, 3.63) is 42.2 Å². The Bertz CT molecular complexity index is 720. The molecule has 1 saturated heterocycles. The molecule has 0 aliphatic carbocycles. The highest BCUT2D eigenvalue weighted by Gasteiger charge is 2.37. The van der Waals surface area contributed by atoms with Crippen LogP contribution in [0.4, 0.5) is 0 Å². The number of carbonyl (C=O) groups is 2. The van der Waals surface area contributed by atoms with E-state index in [4.69, 9.17) is 14.4 Å². The van der Waals surface area contributed by atoms with Gasteiger partial charge in [-0.2, -0.15) is 0 Å². The Morgan fingerprint density at radius 1 is 1.21 bits per heavy atom. The van der Waals surface area contributed by atoms with Crippen LogP contribution in [0, 0.1) is 0 Å². The van der Waals surface area contributed by atoms with Crippen LogP contribution < -0.4 is 5.32 Å². The molecule has 7 heteroatoms. The van der Waals surface area contributed by atoms with Gasteiger partial charge in [-0.05, 0) is 12.8 Å². The van der Waals surface area contributed by atoms with Crippen LogP contribution in [-0.4, -0.2) is 40.9 Å². The first-order valence-electron chi connectivity index (χ1n) is 7.72. The summed E-state index contributed by atoms with van der Waals surface area (Å²) in [6.07, 6.45) is 0.747. The molecular weight excluding hydrogens is 312 g/mol. The van der Waals surface area contributed by atoms with Crippen LogP contribution in [0.3, 0.4) is 0 Å². The Morgan fingerprint density at radius 2 is 1.92 bits per heavy atom. The third-order valence-corrected chi connectivity index (χ3v) is 4.12. The molecule has 3 rings (SSSR count). The van der Waals surface area contributed by atoms with E-state index in [2.05, 4.69) is 10.5 Å². The fourth-order valence-corrected chi connectivity index (χ4v) is 2.83. The number of hydrogen-bond acceptors (Lipinski definition) is 5. The summed E-state index contributed by atoms with van der Waals surface area (Å²) < 4.78 is 10.4. The van der Waals surface area contributed by atoms with Crippen LogP contribution in [0.5, 0.6) is 0 Å². The second-order valence-electron chi connectivity index (χ2n) is 5.86. The quantitative estimate of drug-likeness (QED) is 0.870. The lowest BCUT2D eigenvalue weighted by atomic mass is 9.86. The molecule has 1 aliphatic heterocycles. The summed E-state index contributed by atoms with van der Waals surface area (Å²) in [7, 11) is 0. The molecule has 1 aliphatic rings. The van der Waals surface area contributed by atoms with Gasteiger partial charge in [-0.25, -0.2) is 0 Å². The lowest BCUT2D eigenvalue weighted by molar-refractivity contribution is -0.139. The number of aromatic nitrogens is 1. The van der Waals surface area contributed by atoms with Crippen LogP contribution in [0.1, 0.15) is 29.8 Å². The number of benzene rings is 1. The smallest absolute Gasteiger partial charge is 0.305 e. The predicted molar refractivity (Wildman–Crippen MR) is 84.4 cm³/mol. The Hall–Kier alpha value is -2.67. The third kappa shape index (κ3) is 3.62.